The molecule has 90 valence electrons. The standard InChI is InChI=1S/C8H19N3O2S2/c1-4-5-10-15(12,13)11(3)6-7(2)8(9)14/h7,10H,4-6H2,1-3H3,(H2,9,14). The van der Waals surface area contributed by atoms with Gasteiger partial charge in [-0.2, -0.15) is 12.7 Å². The number of rotatable bonds is 7. The summed E-state index contributed by atoms with van der Waals surface area (Å²) in [5.74, 6) is -0.122. The van der Waals surface area contributed by atoms with Gasteiger partial charge in [0.25, 0.3) is 10.2 Å². The quantitative estimate of drug-likeness (QED) is 0.630. The first-order chi connectivity index (χ1) is 6.81. The van der Waals surface area contributed by atoms with E-state index in [0.717, 1.165) is 6.42 Å². The lowest BCUT2D eigenvalue weighted by Gasteiger charge is -2.20. The van der Waals surface area contributed by atoms with Crippen molar-refractivity contribution in [3.63, 3.8) is 0 Å². The van der Waals surface area contributed by atoms with Crippen molar-refractivity contribution in [2.45, 2.75) is 20.3 Å². The van der Waals surface area contributed by atoms with Gasteiger partial charge in [-0.25, -0.2) is 4.72 Å². The van der Waals surface area contributed by atoms with E-state index in [0.29, 0.717) is 18.1 Å². The van der Waals surface area contributed by atoms with Crippen molar-refractivity contribution in [3.05, 3.63) is 0 Å². The van der Waals surface area contributed by atoms with E-state index in [1.165, 1.54) is 11.4 Å². The van der Waals surface area contributed by atoms with Gasteiger partial charge in [-0.3, -0.25) is 0 Å². The van der Waals surface area contributed by atoms with Gasteiger partial charge in [-0.05, 0) is 6.42 Å². The molecule has 0 bridgehead atoms. The maximum absolute atomic E-state index is 11.6. The van der Waals surface area contributed by atoms with Crippen LogP contribution in [-0.4, -0.2) is 37.8 Å². The molecule has 7 heteroatoms. The zero-order valence-corrected chi connectivity index (χ0v) is 11.0. The van der Waals surface area contributed by atoms with Crippen LogP contribution < -0.4 is 10.5 Å². The number of nitrogens with two attached hydrogens (primary N) is 1. The lowest BCUT2D eigenvalue weighted by molar-refractivity contribution is 0.436. The van der Waals surface area contributed by atoms with Crippen LogP contribution in [0.4, 0.5) is 0 Å². The third kappa shape index (κ3) is 5.41. The van der Waals surface area contributed by atoms with Crippen LogP contribution in [0.1, 0.15) is 20.3 Å². The normalized spacial score (nSPS) is 14.1. The first-order valence-corrected chi connectivity index (χ1v) is 6.66. The van der Waals surface area contributed by atoms with Crippen molar-refractivity contribution in [2.24, 2.45) is 11.7 Å². The van der Waals surface area contributed by atoms with Crippen LogP contribution in [0.25, 0.3) is 0 Å². The second-order valence-electron chi connectivity index (χ2n) is 3.48. The van der Waals surface area contributed by atoms with Crippen molar-refractivity contribution < 1.29 is 8.42 Å². The van der Waals surface area contributed by atoms with Gasteiger partial charge in [-0.1, -0.05) is 26.1 Å². The molecule has 0 aliphatic rings. The molecule has 0 heterocycles. The number of thiocarbonyl (C=S) groups is 1. The van der Waals surface area contributed by atoms with Crippen LogP contribution in [0.3, 0.4) is 0 Å². The summed E-state index contributed by atoms with van der Waals surface area (Å²) in [7, 11) is -1.88. The third-order valence-electron chi connectivity index (χ3n) is 1.96. The first kappa shape index (κ1) is 14.8. The Morgan fingerprint density at radius 1 is 1.60 bits per heavy atom. The average molecular weight is 253 g/mol. The number of nitrogens with one attached hydrogen (secondary N) is 1. The fourth-order valence-electron chi connectivity index (χ4n) is 0.915. The highest BCUT2D eigenvalue weighted by molar-refractivity contribution is 7.87. The van der Waals surface area contributed by atoms with Crippen LogP contribution in [0.5, 0.6) is 0 Å². The molecule has 0 aromatic heterocycles. The Morgan fingerprint density at radius 2 is 2.13 bits per heavy atom. The van der Waals surface area contributed by atoms with Crippen molar-refractivity contribution in [1.29, 1.82) is 0 Å². The number of hydrogen-bond acceptors (Lipinski definition) is 3. The van der Waals surface area contributed by atoms with E-state index >= 15 is 0 Å². The molecule has 0 rings (SSSR count). The average Bonchev–Trinajstić information content (AvgIpc) is 2.14. The summed E-state index contributed by atoms with van der Waals surface area (Å²) in [6.45, 7) is 4.44. The van der Waals surface area contributed by atoms with Crippen LogP contribution in [-0.2, 0) is 10.2 Å². The van der Waals surface area contributed by atoms with Gasteiger partial charge >= 0.3 is 0 Å². The monoisotopic (exact) mass is 253 g/mol. The van der Waals surface area contributed by atoms with Gasteiger partial charge in [0.1, 0.15) is 0 Å². The summed E-state index contributed by atoms with van der Waals surface area (Å²) in [4.78, 5) is 0.326. The van der Waals surface area contributed by atoms with Gasteiger partial charge in [0.15, 0.2) is 0 Å². The summed E-state index contributed by atoms with van der Waals surface area (Å²) < 4.78 is 26.9. The molecule has 0 saturated carbocycles. The van der Waals surface area contributed by atoms with Gasteiger partial charge in [0.05, 0.1) is 4.99 Å². The van der Waals surface area contributed by atoms with E-state index in [9.17, 15) is 8.42 Å². The number of nitrogens with zero attached hydrogens (tertiary/aromatic N) is 1. The van der Waals surface area contributed by atoms with Crippen LogP contribution in [0.15, 0.2) is 0 Å². The zero-order chi connectivity index (χ0) is 12.1. The highest BCUT2D eigenvalue weighted by Crippen LogP contribution is 2.02. The Balaban J connectivity index is 4.31. The molecule has 0 aliphatic carbocycles. The second-order valence-corrected chi connectivity index (χ2v) is 5.82. The summed E-state index contributed by atoms with van der Waals surface area (Å²) >= 11 is 4.78. The van der Waals surface area contributed by atoms with Crippen molar-refractivity contribution in [2.75, 3.05) is 20.1 Å². The fraction of sp³-hybridized carbons (Fsp3) is 0.875. The summed E-state index contributed by atoms with van der Waals surface area (Å²) in [5.41, 5.74) is 5.42. The molecule has 0 spiro atoms. The molecule has 0 fully saturated rings. The molecule has 1 unspecified atom stereocenters. The molecule has 0 aromatic carbocycles. The van der Waals surface area contributed by atoms with E-state index in [-0.39, 0.29) is 5.92 Å². The SMILES string of the molecule is CCCNS(=O)(=O)N(C)CC(C)C(N)=S. The highest BCUT2D eigenvalue weighted by Gasteiger charge is 2.19. The van der Waals surface area contributed by atoms with Gasteiger partial charge in [0, 0.05) is 26.1 Å². The number of hydrogen-bond donors (Lipinski definition) is 2. The van der Waals surface area contributed by atoms with E-state index in [1.54, 1.807) is 6.92 Å². The van der Waals surface area contributed by atoms with Crippen LogP contribution in [0.2, 0.25) is 0 Å². The Morgan fingerprint density at radius 3 is 2.53 bits per heavy atom. The summed E-state index contributed by atoms with van der Waals surface area (Å²) in [6.07, 6.45) is 0.762. The van der Waals surface area contributed by atoms with Gasteiger partial charge in [-0.15, -0.1) is 0 Å². The van der Waals surface area contributed by atoms with E-state index in [2.05, 4.69) is 4.72 Å². The molecule has 0 aromatic rings. The second kappa shape index (κ2) is 6.37. The van der Waals surface area contributed by atoms with Crippen molar-refractivity contribution in [3.8, 4) is 0 Å². The predicted molar refractivity (Wildman–Crippen MR) is 65.8 cm³/mol. The maximum Gasteiger partial charge on any atom is 0.279 e. The Kier molecular flexibility index (Phi) is 6.26. The summed E-state index contributed by atoms with van der Waals surface area (Å²) in [6, 6.07) is 0. The third-order valence-corrected chi connectivity index (χ3v) is 3.90. The lowest BCUT2D eigenvalue weighted by Crippen LogP contribution is -2.42. The van der Waals surface area contributed by atoms with E-state index < -0.39 is 10.2 Å². The minimum absolute atomic E-state index is 0.122. The van der Waals surface area contributed by atoms with Crippen LogP contribution in [0, 0.1) is 5.92 Å². The zero-order valence-electron chi connectivity index (χ0n) is 9.36. The molecule has 0 amide bonds. The smallest absolute Gasteiger partial charge is 0.279 e. The molecular weight excluding hydrogens is 234 g/mol. The summed E-state index contributed by atoms with van der Waals surface area (Å²) in [5, 5.41) is 0. The Hall–Kier alpha value is -0.240. The van der Waals surface area contributed by atoms with Crippen LogP contribution >= 0.6 is 12.2 Å². The van der Waals surface area contributed by atoms with E-state index in [4.69, 9.17) is 18.0 Å². The lowest BCUT2D eigenvalue weighted by atomic mass is 10.2. The van der Waals surface area contributed by atoms with E-state index in [1.807, 2.05) is 6.92 Å². The maximum atomic E-state index is 11.6. The first-order valence-electron chi connectivity index (χ1n) is 4.81. The van der Waals surface area contributed by atoms with Gasteiger partial charge < -0.3 is 5.73 Å². The fourth-order valence-corrected chi connectivity index (χ4v) is 2.09. The minimum atomic E-state index is -3.38. The molecular formula is C8H19N3O2S2. The minimum Gasteiger partial charge on any atom is -0.393 e. The molecule has 0 aliphatic heterocycles. The topological polar surface area (TPSA) is 75.4 Å². The molecule has 0 saturated heterocycles. The molecule has 0 radical (unpaired) electrons. The predicted octanol–water partition coefficient (Wildman–Crippen LogP) is 0.0848. The van der Waals surface area contributed by atoms with Crippen molar-refractivity contribution >= 4 is 27.4 Å². The molecule has 1 atom stereocenters. The Labute approximate surface area is 97.2 Å². The van der Waals surface area contributed by atoms with Gasteiger partial charge in [0.2, 0.25) is 0 Å². The molecule has 3 N–H and O–H groups in total. The van der Waals surface area contributed by atoms with Crippen molar-refractivity contribution in [1.82, 2.24) is 9.03 Å². The molecule has 15 heavy (non-hydrogen) atoms. The highest BCUT2D eigenvalue weighted by atomic mass is 32.2. The Bertz CT molecular complexity index is 303. The largest absolute Gasteiger partial charge is 0.393 e. The molecule has 5 nitrogen and oxygen atoms in total.